The van der Waals surface area contributed by atoms with Crippen molar-refractivity contribution in [2.45, 2.75) is 11.4 Å². The van der Waals surface area contributed by atoms with E-state index in [0.717, 1.165) is 5.56 Å². The average molecular weight is 319 g/mol. The summed E-state index contributed by atoms with van der Waals surface area (Å²) in [7, 11) is -3.64. The Bertz CT molecular complexity index is 782. The molecule has 0 spiro atoms. The van der Waals surface area contributed by atoms with Crippen molar-refractivity contribution in [2.24, 2.45) is 0 Å². The zero-order valence-electron chi connectivity index (χ0n) is 11.0. The summed E-state index contributed by atoms with van der Waals surface area (Å²) in [4.78, 5) is 0.154. The van der Waals surface area contributed by atoms with E-state index in [1.165, 1.54) is 16.7 Å². The lowest BCUT2D eigenvalue weighted by molar-refractivity contribution is 0.590. The maximum absolute atomic E-state index is 12.8. The number of hydrogen-bond donors (Lipinski definition) is 1. The number of hydrogen-bond acceptors (Lipinski definition) is 4. The second-order valence-corrected chi connectivity index (χ2v) is 7.06. The molecular formula is C14H13N3O2S2. The summed E-state index contributed by atoms with van der Waals surface area (Å²) in [6.45, 7) is 0.293. The normalized spacial score (nSPS) is 11.4. The van der Waals surface area contributed by atoms with Gasteiger partial charge in [-0.25, -0.2) is 8.42 Å². The lowest BCUT2D eigenvalue weighted by atomic mass is 10.3. The SMILES string of the molecule is O=S(=O)(c1cn[nH]c1)N(Cc1ccsc1)c1ccccc1. The van der Waals surface area contributed by atoms with Crippen LogP contribution in [-0.4, -0.2) is 18.6 Å². The molecule has 2 aromatic heterocycles. The number of aromatic amines is 1. The van der Waals surface area contributed by atoms with Crippen LogP contribution >= 0.6 is 11.3 Å². The molecule has 3 aromatic rings. The molecular weight excluding hydrogens is 306 g/mol. The highest BCUT2D eigenvalue weighted by Gasteiger charge is 2.26. The van der Waals surface area contributed by atoms with E-state index >= 15 is 0 Å². The van der Waals surface area contributed by atoms with Crippen molar-refractivity contribution in [2.75, 3.05) is 4.31 Å². The maximum atomic E-state index is 12.8. The molecule has 21 heavy (non-hydrogen) atoms. The van der Waals surface area contributed by atoms with Gasteiger partial charge >= 0.3 is 0 Å². The average Bonchev–Trinajstić information content (AvgIpc) is 3.19. The Morgan fingerprint density at radius 1 is 1.19 bits per heavy atom. The third-order valence-electron chi connectivity index (χ3n) is 3.01. The van der Waals surface area contributed by atoms with Gasteiger partial charge < -0.3 is 0 Å². The van der Waals surface area contributed by atoms with Gasteiger partial charge in [0.25, 0.3) is 10.0 Å². The molecule has 0 aliphatic carbocycles. The molecule has 108 valence electrons. The third kappa shape index (κ3) is 2.84. The molecule has 3 rings (SSSR count). The minimum Gasteiger partial charge on any atom is -0.284 e. The summed E-state index contributed by atoms with van der Waals surface area (Å²) < 4.78 is 27.0. The topological polar surface area (TPSA) is 66.1 Å². The number of anilines is 1. The van der Waals surface area contributed by atoms with Gasteiger partial charge in [0, 0.05) is 6.20 Å². The molecule has 0 atom stereocenters. The van der Waals surface area contributed by atoms with E-state index in [0.29, 0.717) is 12.2 Å². The minimum absolute atomic E-state index is 0.154. The largest absolute Gasteiger partial charge is 0.284 e. The summed E-state index contributed by atoms with van der Waals surface area (Å²) >= 11 is 1.54. The van der Waals surface area contributed by atoms with Crippen molar-refractivity contribution < 1.29 is 8.42 Å². The summed E-state index contributed by atoms with van der Waals surface area (Å²) in [5, 5.41) is 10.2. The molecule has 0 fully saturated rings. The van der Waals surface area contributed by atoms with Crippen LogP contribution in [0.4, 0.5) is 5.69 Å². The van der Waals surface area contributed by atoms with Gasteiger partial charge in [-0.2, -0.15) is 16.4 Å². The number of para-hydroxylation sites is 1. The predicted octanol–water partition coefficient (Wildman–Crippen LogP) is 2.87. The van der Waals surface area contributed by atoms with E-state index < -0.39 is 10.0 Å². The van der Waals surface area contributed by atoms with Crippen LogP contribution in [0.2, 0.25) is 0 Å². The highest BCUT2D eigenvalue weighted by atomic mass is 32.2. The molecule has 2 heterocycles. The third-order valence-corrected chi connectivity index (χ3v) is 5.48. The van der Waals surface area contributed by atoms with Crippen LogP contribution in [0.3, 0.4) is 0 Å². The van der Waals surface area contributed by atoms with Gasteiger partial charge in [0.2, 0.25) is 0 Å². The van der Waals surface area contributed by atoms with Crippen LogP contribution in [-0.2, 0) is 16.6 Å². The predicted molar refractivity (Wildman–Crippen MR) is 82.7 cm³/mol. The van der Waals surface area contributed by atoms with E-state index in [1.54, 1.807) is 23.5 Å². The van der Waals surface area contributed by atoms with Crippen molar-refractivity contribution in [3.63, 3.8) is 0 Å². The van der Waals surface area contributed by atoms with Crippen molar-refractivity contribution in [3.05, 3.63) is 65.1 Å². The number of rotatable bonds is 5. The first-order chi connectivity index (χ1) is 10.2. The first-order valence-electron chi connectivity index (χ1n) is 6.25. The van der Waals surface area contributed by atoms with Crippen molar-refractivity contribution in [1.82, 2.24) is 10.2 Å². The molecule has 0 aliphatic heterocycles. The van der Waals surface area contributed by atoms with Crippen molar-refractivity contribution in [1.29, 1.82) is 0 Å². The standard InChI is InChI=1S/C14H13N3O2S2/c18-21(19,14-8-15-16-9-14)17(10-12-6-7-20-11-12)13-4-2-1-3-5-13/h1-9,11H,10H2,(H,15,16). The first-order valence-corrected chi connectivity index (χ1v) is 8.64. The van der Waals surface area contributed by atoms with Crippen LogP contribution in [0.15, 0.2) is 64.4 Å². The van der Waals surface area contributed by atoms with Crippen LogP contribution in [0.5, 0.6) is 0 Å². The molecule has 5 nitrogen and oxygen atoms in total. The zero-order valence-corrected chi connectivity index (χ0v) is 12.6. The van der Waals surface area contributed by atoms with Crippen molar-refractivity contribution >= 4 is 27.0 Å². The number of thiophene rings is 1. The quantitative estimate of drug-likeness (QED) is 0.786. The van der Waals surface area contributed by atoms with Gasteiger partial charge in [-0.3, -0.25) is 9.40 Å². The summed E-state index contributed by atoms with van der Waals surface area (Å²) in [6.07, 6.45) is 2.71. The Balaban J connectivity index is 2.04. The minimum atomic E-state index is -3.64. The number of H-pyrrole nitrogens is 1. The van der Waals surface area contributed by atoms with Gasteiger partial charge in [-0.1, -0.05) is 18.2 Å². The molecule has 0 bridgehead atoms. The van der Waals surface area contributed by atoms with E-state index in [1.807, 2.05) is 35.0 Å². The number of sulfonamides is 1. The number of benzene rings is 1. The fourth-order valence-electron chi connectivity index (χ4n) is 1.97. The summed E-state index contributed by atoms with van der Waals surface area (Å²) in [6, 6.07) is 11.0. The smallest absolute Gasteiger partial charge is 0.267 e. The van der Waals surface area contributed by atoms with Crippen LogP contribution in [0, 0.1) is 0 Å². The Kier molecular flexibility index (Phi) is 3.76. The maximum Gasteiger partial charge on any atom is 0.267 e. The number of nitrogens with one attached hydrogen (secondary N) is 1. The second kappa shape index (κ2) is 5.71. The van der Waals surface area contributed by atoms with Gasteiger partial charge in [0.1, 0.15) is 4.90 Å². The van der Waals surface area contributed by atoms with E-state index in [-0.39, 0.29) is 4.90 Å². The highest BCUT2D eigenvalue weighted by molar-refractivity contribution is 7.92. The molecule has 7 heteroatoms. The van der Waals surface area contributed by atoms with Gasteiger partial charge in [0.05, 0.1) is 18.4 Å². The van der Waals surface area contributed by atoms with Crippen LogP contribution in [0.25, 0.3) is 0 Å². The Morgan fingerprint density at radius 2 is 2.00 bits per heavy atom. The number of aromatic nitrogens is 2. The molecule has 1 aromatic carbocycles. The van der Waals surface area contributed by atoms with E-state index in [2.05, 4.69) is 10.2 Å². The fourth-order valence-corrected chi connectivity index (χ4v) is 3.99. The molecule has 0 aliphatic rings. The molecule has 0 saturated heterocycles. The van der Waals surface area contributed by atoms with Crippen LogP contribution in [0.1, 0.15) is 5.56 Å². The summed E-state index contributed by atoms with van der Waals surface area (Å²) in [5.74, 6) is 0. The lowest BCUT2D eigenvalue weighted by Crippen LogP contribution is -2.30. The number of nitrogens with zero attached hydrogens (tertiary/aromatic N) is 2. The van der Waals surface area contributed by atoms with Gasteiger partial charge in [0.15, 0.2) is 0 Å². The lowest BCUT2D eigenvalue weighted by Gasteiger charge is -2.23. The zero-order chi connectivity index (χ0) is 14.7. The monoisotopic (exact) mass is 319 g/mol. The van der Waals surface area contributed by atoms with Gasteiger partial charge in [-0.05, 0) is 34.5 Å². The summed E-state index contributed by atoms with van der Waals surface area (Å²) in [5.41, 5.74) is 1.58. The van der Waals surface area contributed by atoms with Crippen LogP contribution < -0.4 is 4.31 Å². The second-order valence-electron chi connectivity index (χ2n) is 4.41. The molecule has 0 amide bonds. The highest BCUT2D eigenvalue weighted by Crippen LogP contribution is 2.25. The fraction of sp³-hybridized carbons (Fsp3) is 0.0714. The molecule has 0 saturated carbocycles. The van der Waals surface area contributed by atoms with E-state index in [4.69, 9.17) is 0 Å². The molecule has 0 unspecified atom stereocenters. The Morgan fingerprint density at radius 3 is 2.62 bits per heavy atom. The molecule has 0 radical (unpaired) electrons. The Labute approximate surface area is 126 Å². The van der Waals surface area contributed by atoms with E-state index in [9.17, 15) is 8.42 Å². The molecule has 1 N–H and O–H groups in total. The van der Waals surface area contributed by atoms with Gasteiger partial charge in [-0.15, -0.1) is 0 Å². The van der Waals surface area contributed by atoms with Crippen molar-refractivity contribution in [3.8, 4) is 0 Å². The Hall–Kier alpha value is -2.12. The first kappa shape index (κ1) is 13.8.